The van der Waals surface area contributed by atoms with E-state index in [1.54, 1.807) is 0 Å². The van der Waals surface area contributed by atoms with Gasteiger partial charge in [0.25, 0.3) is 0 Å². The summed E-state index contributed by atoms with van der Waals surface area (Å²) in [5.41, 5.74) is 0. The molecule has 0 amide bonds. The van der Waals surface area contributed by atoms with Gasteiger partial charge in [0.2, 0.25) is 12.6 Å². The molecule has 2 saturated heterocycles. The zero-order chi connectivity index (χ0) is 46.8. The van der Waals surface area contributed by atoms with Gasteiger partial charge in [0.05, 0.1) is 26.4 Å². The Morgan fingerprint density at radius 1 is 0.607 bits per heavy atom. The van der Waals surface area contributed by atoms with Crippen molar-refractivity contribution in [3.8, 4) is 0 Å². The second kappa shape index (κ2) is 44.8. The molecule has 0 aliphatic carbocycles. The Bertz CT molecular complexity index is 1070. The Hall–Kier alpha value is 2.30. The Morgan fingerprint density at radius 2 is 1.00 bits per heavy atom. The topological polar surface area (TPSA) is 316 Å². The molecule has 0 saturated carbocycles. The van der Waals surface area contributed by atoms with Crippen LogP contribution < -0.4 is 13.3 Å². The first-order chi connectivity index (χ1) is 28.8. The summed E-state index contributed by atoms with van der Waals surface area (Å²) in [4.78, 5) is 35.9. The van der Waals surface area contributed by atoms with Gasteiger partial charge in [-0.1, -0.05) is 0 Å². The number of hydrogen-bond acceptors (Lipinski definition) is 23. The molecule has 29 heteroatoms. The molecule has 0 radical (unpaired) electrons. The van der Waals surface area contributed by atoms with Crippen LogP contribution in [0.3, 0.4) is 0 Å². The summed E-state index contributed by atoms with van der Waals surface area (Å²) in [5, 5.41) is 66.4. The molecule has 0 aromatic heterocycles. The summed E-state index contributed by atoms with van der Waals surface area (Å²) >= 11 is 9.54. The van der Waals surface area contributed by atoms with E-state index in [1.165, 1.54) is 63.1 Å². The fraction of sp³-hybridized carbons (Fsp3) is 0.875. The van der Waals surface area contributed by atoms with E-state index in [0.29, 0.717) is 32.1 Å². The number of rotatable bonds is 23. The first kappa shape index (κ1) is 69.9. The number of aliphatic imine (C=N–C) groups is 1. The Labute approximate surface area is 425 Å². The molecule has 23 nitrogen and oxygen atoms in total. The van der Waals surface area contributed by atoms with Gasteiger partial charge in [-0.2, -0.15) is 0 Å². The molecular formula is C32H60I6NO22-. The van der Waals surface area contributed by atoms with E-state index in [9.17, 15) is 39.9 Å². The number of aliphatic hydroxyl groups excluding tert-OH is 7. The van der Waals surface area contributed by atoms with Crippen LogP contribution in [0.15, 0.2) is 4.99 Å². The van der Waals surface area contributed by atoms with E-state index in [4.69, 9.17) is 62.3 Å². The summed E-state index contributed by atoms with van der Waals surface area (Å²) < 4.78 is 60.4. The van der Waals surface area contributed by atoms with Crippen LogP contribution in [0.2, 0.25) is 0 Å². The van der Waals surface area contributed by atoms with Crippen LogP contribution in [-0.4, -0.2) is 242 Å². The minimum atomic E-state index is -1.18. The molecule has 368 valence electrons. The predicted molar refractivity (Wildman–Crippen MR) is 254 cm³/mol. The summed E-state index contributed by atoms with van der Waals surface area (Å²) in [6, 6.07) is -0.841. The third-order valence-electron chi connectivity index (χ3n) is 8.13. The van der Waals surface area contributed by atoms with E-state index in [-0.39, 0.29) is 37.2 Å². The normalized spacial score (nSPS) is 28.8. The van der Waals surface area contributed by atoms with Crippen molar-refractivity contribution in [3.63, 3.8) is 0 Å². The number of aldehydes is 3. The SMILES string of the molecule is COC(C=O)OC(CO)C(C=NC1C(O)C(OC)OC(CO)C1OC)OC.COC(C=O)OC(CO)C(C=O)OC.COC1OC(CO)C(OC)C(O)C1O.I.II.I[I-]I. The van der Waals surface area contributed by atoms with Crippen LogP contribution in [0.1, 0.15) is 0 Å². The molecule has 2 rings (SSSR count). The monoisotopic (exact) mass is 1570 g/mol. The van der Waals surface area contributed by atoms with Gasteiger partial charge in [-0.3, -0.25) is 14.6 Å². The van der Waals surface area contributed by atoms with Crippen LogP contribution in [0.4, 0.5) is 0 Å². The first-order valence-corrected chi connectivity index (χ1v) is 35.9. The number of carbonyl (C=O) groups excluding carboxylic acids is 3. The Morgan fingerprint density at radius 3 is 1.31 bits per heavy atom. The molecule has 16 unspecified atom stereocenters. The van der Waals surface area contributed by atoms with E-state index in [2.05, 4.69) is 84.2 Å². The van der Waals surface area contributed by atoms with E-state index >= 15 is 0 Å². The second-order valence-electron chi connectivity index (χ2n) is 11.4. The summed E-state index contributed by atoms with van der Waals surface area (Å²) in [6.45, 7) is -1.57. The molecule has 16 atom stereocenters. The van der Waals surface area contributed by atoms with Crippen molar-refractivity contribution < 1.29 is 120 Å². The van der Waals surface area contributed by atoms with Crippen molar-refractivity contribution in [2.24, 2.45) is 4.99 Å². The molecule has 0 aromatic carbocycles. The van der Waals surface area contributed by atoms with Crippen LogP contribution >= 0.6 is 98.4 Å². The van der Waals surface area contributed by atoms with Crippen molar-refractivity contribution in [3.05, 3.63) is 0 Å². The fourth-order valence-corrected chi connectivity index (χ4v) is 5.12. The van der Waals surface area contributed by atoms with Crippen molar-refractivity contribution in [2.45, 2.75) is 98.3 Å². The molecule has 0 spiro atoms. The molecule has 0 aromatic rings. The number of methoxy groups -OCH3 is 8. The van der Waals surface area contributed by atoms with Gasteiger partial charge >= 0.3 is 50.5 Å². The average Bonchev–Trinajstić information content (AvgIpc) is 3.28. The Balaban J connectivity index is -0.000000405. The van der Waals surface area contributed by atoms with E-state index < -0.39 is 112 Å². The standard InChI is InChI=1S/C16H29NO10.C8H16O6.C8H14O6.I3.I2.HI/c1-22-9(10(6-18)26-12(8-20)23-2)5-17-13-14(21)16(25-4)27-11(7-19)15(13)24-3;1-12-7-4(3-9)14-8(13-2)6(11)5(7)10;1-12-6(3-9)7(4-10)14-8(5-11)13-2;1-3-2;1-2;/h5,8-16,18-19,21H,6-7H2,1-4H3;4-11H,3H2,1-2H3;3,5-8,10H,4H2,1-2H3;;;1H/q;;;-1;;. The molecular weight excluding hydrogens is 1510 g/mol. The van der Waals surface area contributed by atoms with Crippen molar-refractivity contribution >= 4 is 124 Å². The number of hydrogen-bond donors (Lipinski definition) is 7. The second-order valence-corrected chi connectivity index (χ2v) is 27.6. The third kappa shape index (κ3) is 26.0. The first-order valence-electron chi connectivity index (χ1n) is 17.0. The van der Waals surface area contributed by atoms with Gasteiger partial charge in [-0.05, 0) is 0 Å². The van der Waals surface area contributed by atoms with Crippen molar-refractivity contribution in [1.82, 2.24) is 0 Å². The molecule has 2 aliphatic heterocycles. The average molecular weight is 1570 g/mol. The van der Waals surface area contributed by atoms with E-state index in [0.717, 1.165) is 0 Å². The quantitative estimate of drug-likeness (QED) is 0.0221. The molecule has 7 N–H and O–H groups in total. The van der Waals surface area contributed by atoms with Gasteiger partial charge in [-0.15, -0.1) is 24.0 Å². The fourth-order valence-electron chi connectivity index (χ4n) is 5.12. The van der Waals surface area contributed by atoms with Crippen LogP contribution in [-0.2, 0) is 71.2 Å². The number of ether oxygens (including phenoxy) is 12. The molecule has 2 heterocycles. The van der Waals surface area contributed by atoms with Crippen molar-refractivity contribution in [2.75, 3.05) is 83.3 Å². The van der Waals surface area contributed by atoms with Gasteiger partial charge in [0.15, 0.2) is 31.4 Å². The molecule has 2 fully saturated rings. The van der Waals surface area contributed by atoms with Gasteiger partial charge in [0.1, 0.15) is 73.2 Å². The predicted octanol–water partition coefficient (Wildman–Crippen LogP) is -4.27. The summed E-state index contributed by atoms with van der Waals surface area (Å²) in [5.74, 6) is 0. The number of nitrogens with zero attached hydrogens (tertiary/aromatic N) is 1. The molecule has 2 aliphatic rings. The maximum absolute atomic E-state index is 10.9. The van der Waals surface area contributed by atoms with Gasteiger partial charge in [-0.25, -0.2) is 0 Å². The van der Waals surface area contributed by atoms with Crippen LogP contribution in [0.25, 0.3) is 0 Å². The van der Waals surface area contributed by atoms with Crippen LogP contribution in [0.5, 0.6) is 0 Å². The van der Waals surface area contributed by atoms with Gasteiger partial charge in [0, 0.05) is 100 Å². The third-order valence-corrected chi connectivity index (χ3v) is 8.13. The Kier molecular flexibility index (Phi) is 51.3. The number of aliphatic hydroxyl groups is 7. The summed E-state index contributed by atoms with van der Waals surface area (Å²) in [6.07, 6.45) is -11.6. The number of halogens is 6. The minimum absolute atomic E-state index is 0. The zero-order valence-electron chi connectivity index (χ0n) is 34.4. The maximum atomic E-state index is 10.9. The van der Waals surface area contributed by atoms with Gasteiger partial charge < -0.3 is 97.4 Å². The van der Waals surface area contributed by atoms with E-state index in [1.807, 2.05) is 0 Å². The molecule has 0 bridgehead atoms. The number of carbonyl (C=O) groups is 3. The van der Waals surface area contributed by atoms with Crippen LogP contribution in [0, 0.1) is 0 Å². The zero-order valence-corrected chi connectivity index (χ0v) is 47.5. The van der Waals surface area contributed by atoms with Crippen molar-refractivity contribution in [1.29, 1.82) is 0 Å². The molecule has 61 heavy (non-hydrogen) atoms. The summed E-state index contributed by atoms with van der Waals surface area (Å²) in [7, 11) is 10.7.